The summed E-state index contributed by atoms with van der Waals surface area (Å²) in [7, 11) is -3.87. The topological polar surface area (TPSA) is 88.2 Å². The van der Waals surface area contributed by atoms with Gasteiger partial charge in [0.05, 0.1) is 20.1 Å². The number of nitrogens with one attached hydrogen (secondary N) is 2. The highest BCUT2D eigenvalue weighted by Crippen LogP contribution is 2.25. The number of nitrogens with zero attached hydrogens (tertiary/aromatic N) is 1. The minimum atomic E-state index is -3.87. The molecule has 1 aromatic heterocycles. The van der Waals surface area contributed by atoms with Crippen molar-refractivity contribution in [2.24, 2.45) is 5.92 Å². The summed E-state index contributed by atoms with van der Waals surface area (Å²) in [5.41, 5.74) is 1.64. The average Bonchev–Trinajstić information content (AvgIpc) is 3.05. The Kier molecular flexibility index (Phi) is 7.13. The van der Waals surface area contributed by atoms with Gasteiger partial charge in [-0.1, -0.05) is 37.6 Å². The van der Waals surface area contributed by atoms with Crippen molar-refractivity contribution in [2.75, 3.05) is 0 Å². The van der Waals surface area contributed by atoms with Gasteiger partial charge in [0, 0.05) is 11.6 Å². The molecule has 0 bridgehead atoms. The summed E-state index contributed by atoms with van der Waals surface area (Å²) >= 11 is 7.32. The predicted molar refractivity (Wildman–Crippen MR) is 121 cm³/mol. The third-order valence-electron chi connectivity index (χ3n) is 4.48. The Morgan fingerprint density at radius 3 is 2.53 bits per heavy atom. The molecular formula is C21H24ClN3O3S2. The van der Waals surface area contributed by atoms with Crippen molar-refractivity contribution in [1.82, 2.24) is 15.0 Å². The minimum absolute atomic E-state index is 0.123. The number of carbonyl (C=O) groups is 1. The van der Waals surface area contributed by atoms with Crippen LogP contribution in [0.4, 0.5) is 0 Å². The Hall–Kier alpha value is -2.00. The van der Waals surface area contributed by atoms with Crippen molar-refractivity contribution in [2.45, 2.75) is 44.7 Å². The zero-order chi connectivity index (χ0) is 21.9. The highest BCUT2D eigenvalue weighted by atomic mass is 35.5. The molecule has 0 fully saturated rings. The van der Waals surface area contributed by atoms with Gasteiger partial charge in [0.1, 0.15) is 6.04 Å². The standard InChI is InChI=1S/C21H24ClN3O3S2/c1-13(2)10-19(21(26)23-12-15-4-6-16(22)7-5-15)25-30(27,28)17-8-9-18-20(11-17)29-14(3)24-18/h4-9,11,13,19,25H,10,12H2,1-3H3,(H,23,26)/t19-/m1/s1. The van der Waals surface area contributed by atoms with E-state index in [1.54, 1.807) is 24.3 Å². The van der Waals surface area contributed by atoms with E-state index in [-0.39, 0.29) is 16.7 Å². The van der Waals surface area contributed by atoms with Gasteiger partial charge in [-0.15, -0.1) is 11.3 Å². The van der Waals surface area contributed by atoms with Crippen LogP contribution in [0.1, 0.15) is 30.8 Å². The van der Waals surface area contributed by atoms with E-state index < -0.39 is 16.1 Å². The molecule has 160 valence electrons. The van der Waals surface area contributed by atoms with Gasteiger partial charge in [-0.05, 0) is 55.2 Å². The van der Waals surface area contributed by atoms with E-state index in [2.05, 4.69) is 15.0 Å². The molecule has 3 rings (SSSR count). The molecule has 1 atom stereocenters. The van der Waals surface area contributed by atoms with Crippen LogP contribution in [0.5, 0.6) is 0 Å². The van der Waals surface area contributed by atoms with E-state index in [1.165, 1.54) is 17.4 Å². The Labute approximate surface area is 185 Å². The van der Waals surface area contributed by atoms with Crippen molar-refractivity contribution in [3.8, 4) is 0 Å². The average molecular weight is 466 g/mol. The first-order chi connectivity index (χ1) is 14.1. The molecule has 9 heteroatoms. The molecule has 0 saturated carbocycles. The van der Waals surface area contributed by atoms with Gasteiger partial charge in [-0.3, -0.25) is 4.79 Å². The molecule has 1 amide bonds. The summed E-state index contributed by atoms with van der Waals surface area (Å²) in [5, 5.41) is 4.30. The maximum Gasteiger partial charge on any atom is 0.241 e. The second-order valence-corrected chi connectivity index (χ2v) is 10.9. The Morgan fingerprint density at radius 1 is 1.17 bits per heavy atom. The fourth-order valence-electron chi connectivity index (χ4n) is 3.04. The smallest absolute Gasteiger partial charge is 0.241 e. The maximum absolute atomic E-state index is 13.0. The monoisotopic (exact) mass is 465 g/mol. The van der Waals surface area contributed by atoms with E-state index in [4.69, 9.17) is 11.6 Å². The van der Waals surface area contributed by atoms with Crippen LogP contribution in [0.25, 0.3) is 10.2 Å². The third kappa shape index (κ3) is 5.78. The molecule has 0 spiro atoms. The van der Waals surface area contributed by atoms with Gasteiger partial charge < -0.3 is 5.32 Å². The van der Waals surface area contributed by atoms with Gasteiger partial charge in [-0.2, -0.15) is 4.72 Å². The van der Waals surface area contributed by atoms with Gasteiger partial charge in [-0.25, -0.2) is 13.4 Å². The third-order valence-corrected chi connectivity index (χ3v) is 7.13. The van der Waals surface area contributed by atoms with Crippen LogP contribution in [-0.2, 0) is 21.4 Å². The molecule has 1 heterocycles. The minimum Gasteiger partial charge on any atom is -0.351 e. The zero-order valence-corrected chi connectivity index (χ0v) is 19.4. The van der Waals surface area contributed by atoms with Crippen LogP contribution in [-0.4, -0.2) is 25.4 Å². The lowest BCUT2D eigenvalue weighted by atomic mass is 10.0. The number of rotatable bonds is 8. The Balaban J connectivity index is 1.76. The molecule has 30 heavy (non-hydrogen) atoms. The zero-order valence-electron chi connectivity index (χ0n) is 17.0. The van der Waals surface area contributed by atoms with Crippen molar-refractivity contribution >= 4 is 49.1 Å². The van der Waals surface area contributed by atoms with E-state index >= 15 is 0 Å². The van der Waals surface area contributed by atoms with Crippen molar-refractivity contribution in [3.63, 3.8) is 0 Å². The summed E-state index contributed by atoms with van der Waals surface area (Å²) in [6.45, 7) is 6.05. The van der Waals surface area contributed by atoms with Gasteiger partial charge in [0.25, 0.3) is 0 Å². The molecule has 3 aromatic rings. The van der Waals surface area contributed by atoms with Crippen LogP contribution in [0, 0.1) is 12.8 Å². The molecule has 0 saturated heterocycles. The number of carbonyl (C=O) groups excluding carboxylic acids is 1. The molecule has 2 N–H and O–H groups in total. The predicted octanol–water partition coefficient (Wildman–Crippen LogP) is 4.27. The fourth-order valence-corrected chi connectivity index (χ4v) is 5.34. The summed E-state index contributed by atoms with van der Waals surface area (Å²) in [5.74, 6) is -0.234. The van der Waals surface area contributed by atoms with Crippen molar-refractivity contribution in [1.29, 1.82) is 0 Å². The van der Waals surface area contributed by atoms with Gasteiger partial charge >= 0.3 is 0 Å². The second kappa shape index (κ2) is 9.43. The van der Waals surface area contributed by atoms with Crippen LogP contribution in [0.2, 0.25) is 5.02 Å². The molecular weight excluding hydrogens is 442 g/mol. The summed E-state index contributed by atoms with van der Waals surface area (Å²) < 4.78 is 29.3. The maximum atomic E-state index is 13.0. The van der Waals surface area contributed by atoms with Crippen LogP contribution in [0.15, 0.2) is 47.4 Å². The summed E-state index contributed by atoms with van der Waals surface area (Å²) in [6.07, 6.45) is 0.383. The Bertz CT molecular complexity index is 1140. The lowest BCUT2D eigenvalue weighted by Crippen LogP contribution is -2.47. The fraction of sp³-hybridized carbons (Fsp3) is 0.333. The number of thiazole rings is 1. The SMILES string of the molecule is Cc1nc2ccc(S(=O)(=O)N[C@H](CC(C)C)C(=O)NCc3ccc(Cl)cc3)cc2s1. The molecule has 0 aliphatic rings. The first-order valence-electron chi connectivity index (χ1n) is 9.56. The molecule has 0 aliphatic heterocycles. The lowest BCUT2D eigenvalue weighted by molar-refractivity contribution is -0.123. The van der Waals surface area contributed by atoms with Crippen LogP contribution < -0.4 is 10.0 Å². The normalized spacial score (nSPS) is 13.0. The quantitative estimate of drug-likeness (QED) is 0.520. The van der Waals surface area contributed by atoms with Crippen molar-refractivity contribution < 1.29 is 13.2 Å². The lowest BCUT2D eigenvalue weighted by Gasteiger charge is -2.20. The first kappa shape index (κ1) is 22.7. The van der Waals surface area contributed by atoms with E-state index in [0.717, 1.165) is 20.8 Å². The number of hydrogen-bond acceptors (Lipinski definition) is 5. The molecule has 0 unspecified atom stereocenters. The number of halogens is 1. The number of aromatic nitrogens is 1. The van der Waals surface area contributed by atoms with Crippen molar-refractivity contribution in [3.05, 3.63) is 58.1 Å². The van der Waals surface area contributed by atoms with Crippen LogP contribution in [0.3, 0.4) is 0 Å². The summed E-state index contributed by atoms with van der Waals surface area (Å²) in [4.78, 5) is 17.2. The number of hydrogen-bond donors (Lipinski definition) is 2. The molecule has 6 nitrogen and oxygen atoms in total. The number of benzene rings is 2. The molecule has 2 aromatic carbocycles. The number of sulfonamides is 1. The van der Waals surface area contributed by atoms with E-state index in [1.807, 2.05) is 32.9 Å². The number of fused-ring (bicyclic) bond motifs is 1. The van der Waals surface area contributed by atoms with E-state index in [0.29, 0.717) is 18.0 Å². The van der Waals surface area contributed by atoms with Gasteiger partial charge in [0.2, 0.25) is 15.9 Å². The largest absolute Gasteiger partial charge is 0.351 e. The molecule has 0 radical (unpaired) electrons. The Morgan fingerprint density at radius 2 is 1.87 bits per heavy atom. The van der Waals surface area contributed by atoms with Crippen LogP contribution >= 0.6 is 22.9 Å². The number of amides is 1. The summed E-state index contributed by atoms with van der Waals surface area (Å²) in [6, 6.07) is 11.0. The highest BCUT2D eigenvalue weighted by molar-refractivity contribution is 7.89. The van der Waals surface area contributed by atoms with E-state index in [9.17, 15) is 13.2 Å². The van der Waals surface area contributed by atoms with Gasteiger partial charge in [0.15, 0.2) is 0 Å². The highest BCUT2D eigenvalue weighted by Gasteiger charge is 2.26. The number of aryl methyl sites for hydroxylation is 1. The first-order valence-corrected chi connectivity index (χ1v) is 12.2. The molecule has 0 aliphatic carbocycles. The second-order valence-electron chi connectivity index (χ2n) is 7.51.